The summed E-state index contributed by atoms with van der Waals surface area (Å²) in [5.74, 6) is 3.25. The van der Waals surface area contributed by atoms with Crippen LogP contribution in [0.25, 0.3) is 0 Å². The summed E-state index contributed by atoms with van der Waals surface area (Å²) in [5.41, 5.74) is 8.28. The summed E-state index contributed by atoms with van der Waals surface area (Å²) < 4.78 is 0. The van der Waals surface area contributed by atoms with Crippen molar-refractivity contribution in [1.82, 2.24) is 0 Å². The second-order valence-electron chi connectivity index (χ2n) is 9.03. The van der Waals surface area contributed by atoms with Gasteiger partial charge in [-0.3, -0.25) is 0 Å². The highest BCUT2D eigenvalue weighted by Crippen LogP contribution is 2.61. The van der Waals surface area contributed by atoms with Gasteiger partial charge in [-0.05, 0) is 80.6 Å². The Labute approximate surface area is 120 Å². The average Bonchev–Trinajstić information content (AvgIpc) is 2.22. The fraction of sp³-hybridized carbons (Fsp3) is 0.833. The van der Waals surface area contributed by atoms with Crippen LogP contribution in [0.15, 0.2) is 17.0 Å². The number of rotatable bonds is 3. The molecule has 4 rings (SSSR count). The molecule has 0 N–H and O–H groups in total. The van der Waals surface area contributed by atoms with E-state index in [0.717, 1.165) is 17.8 Å². The van der Waals surface area contributed by atoms with Gasteiger partial charge in [0.1, 0.15) is 0 Å². The van der Waals surface area contributed by atoms with Crippen molar-refractivity contribution >= 4 is 8.07 Å². The molecule has 4 bridgehead atoms. The molecule has 0 aromatic heterocycles. The van der Waals surface area contributed by atoms with Crippen LogP contribution in [0.2, 0.25) is 19.6 Å². The van der Waals surface area contributed by atoms with Crippen LogP contribution in [-0.2, 0) is 0 Å². The second-order valence-corrected chi connectivity index (χ2v) is 14.1. The molecule has 0 heterocycles. The first-order valence-electron chi connectivity index (χ1n) is 8.27. The van der Waals surface area contributed by atoms with Gasteiger partial charge in [0, 0.05) is 0 Å². The van der Waals surface area contributed by atoms with Gasteiger partial charge in [0.05, 0.1) is 8.07 Å². The summed E-state index contributed by atoms with van der Waals surface area (Å²) in [4.78, 5) is 0. The predicted molar refractivity (Wildman–Crippen MR) is 85.8 cm³/mol. The van der Waals surface area contributed by atoms with Crippen LogP contribution in [0.4, 0.5) is 0 Å². The van der Waals surface area contributed by atoms with Gasteiger partial charge >= 0.3 is 0 Å². The number of hydrogen-bond donors (Lipinski definition) is 0. The summed E-state index contributed by atoms with van der Waals surface area (Å²) in [6.07, 6.45) is 10.6. The molecule has 106 valence electrons. The van der Waals surface area contributed by atoms with E-state index < -0.39 is 8.07 Å². The Bertz CT molecular complexity index is 382. The molecule has 4 saturated carbocycles. The van der Waals surface area contributed by atoms with Crippen molar-refractivity contribution in [3.63, 3.8) is 0 Å². The average molecular weight is 275 g/mol. The molecule has 0 amide bonds. The zero-order chi connectivity index (χ0) is 13.7. The fourth-order valence-electron chi connectivity index (χ4n) is 5.46. The quantitative estimate of drug-likeness (QED) is 0.466. The Morgan fingerprint density at radius 3 is 1.95 bits per heavy atom. The minimum atomic E-state index is -1.08. The van der Waals surface area contributed by atoms with E-state index in [0.29, 0.717) is 5.41 Å². The highest BCUT2D eigenvalue weighted by atomic mass is 28.3. The van der Waals surface area contributed by atoms with E-state index in [4.69, 9.17) is 0 Å². The molecule has 4 aliphatic rings. The summed E-state index contributed by atoms with van der Waals surface area (Å²) in [6, 6.07) is 0. The van der Waals surface area contributed by atoms with Crippen molar-refractivity contribution in [3.05, 3.63) is 17.0 Å². The standard InChI is InChI=1S/C18H30Si/c1-14(5-6-19(2,3)4)10-18-11-15-7-16(12-18)9-17(8-15)13-18/h6,15-17H,7-13H2,1-4H3. The Morgan fingerprint density at radius 1 is 1.05 bits per heavy atom. The van der Waals surface area contributed by atoms with Crippen LogP contribution < -0.4 is 0 Å². The molecule has 0 spiro atoms. The van der Waals surface area contributed by atoms with Gasteiger partial charge in [0.2, 0.25) is 0 Å². The monoisotopic (exact) mass is 274 g/mol. The maximum absolute atomic E-state index is 3.65. The molecule has 0 unspecified atom stereocenters. The van der Waals surface area contributed by atoms with Crippen molar-refractivity contribution in [2.24, 2.45) is 23.2 Å². The largest absolute Gasteiger partial charge is 0.131 e. The van der Waals surface area contributed by atoms with Crippen molar-refractivity contribution in [1.29, 1.82) is 0 Å². The Balaban J connectivity index is 1.74. The SMILES string of the molecule is CC(=C=C[Si](C)(C)C)CC12CC3CC(CC(C3)C1)C2. The lowest BCUT2D eigenvalue weighted by atomic mass is 9.48. The summed E-state index contributed by atoms with van der Waals surface area (Å²) in [5, 5.41) is 0. The van der Waals surface area contributed by atoms with Crippen LogP contribution in [0.5, 0.6) is 0 Å². The van der Waals surface area contributed by atoms with Crippen molar-refractivity contribution in [3.8, 4) is 0 Å². The minimum absolute atomic E-state index is 0.694. The Morgan fingerprint density at radius 2 is 1.53 bits per heavy atom. The van der Waals surface area contributed by atoms with Crippen LogP contribution in [0, 0.1) is 23.2 Å². The van der Waals surface area contributed by atoms with Gasteiger partial charge in [-0.15, -0.1) is 5.73 Å². The molecule has 1 heteroatoms. The summed E-state index contributed by atoms with van der Waals surface area (Å²) >= 11 is 0. The number of allylic oxidation sites excluding steroid dienone is 1. The summed E-state index contributed by atoms with van der Waals surface area (Å²) in [7, 11) is -1.08. The minimum Gasteiger partial charge on any atom is -0.131 e. The molecule has 0 aromatic rings. The maximum Gasteiger partial charge on any atom is 0.0781 e. The molecule has 0 nitrogen and oxygen atoms in total. The van der Waals surface area contributed by atoms with Crippen LogP contribution >= 0.6 is 0 Å². The van der Waals surface area contributed by atoms with E-state index in [-0.39, 0.29) is 0 Å². The van der Waals surface area contributed by atoms with Crippen molar-refractivity contribution < 1.29 is 0 Å². The molecule has 0 aliphatic heterocycles. The van der Waals surface area contributed by atoms with Crippen LogP contribution in [0.1, 0.15) is 51.9 Å². The molecular formula is C18H30Si. The first-order chi connectivity index (χ1) is 8.84. The first-order valence-corrected chi connectivity index (χ1v) is 11.8. The predicted octanol–water partition coefficient (Wildman–Crippen LogP) is 5.57. The molecule has 0 radical (unpaired) electrons. The third kappa shape index (κ3) is 3.08. The van der Waals surface area contributed by atoms with Gasteiger partial charge in [-0.1, -0.05) is 25.3 Å². The summed E-state index contributed by atoms with van der Waals surface area (Å²) in [6.45, 7) is 9.53. The molecule has 0 aromatic carbocycles. The molecule has 4 fully saturated rings. The van der Waals surface area contributed by atoms with E-state index in [1.807, 2.05) is 0 Å². The molecule has 0 atom stereocenters. The smallest absolute Gasteiger partial charge is 0.0781 e. The fourth-order valence-corrected chi connectivity index (χ4v) is 6.14. The third-order valence-corrected chi connectivity index (χ3v) is 6.57. The lowest BCUT2D eigenvalue weighted by molar-refractivity contribution is -0.0520. The third-order valence-electron chi connectivity index (χ3n) is 5.56. The lowest BCUT2D eigenvalue weighted by Crippen LogP contribution is -2.46. The number of hydrogen-bond acceptors (Lipinski definition) is 0. The molecule has 0 saturated heterocycles. The molecule has 19 heavy (non-hydrogen) atoms. The zero-order valence-corrected chi connectivity index (χ0v) is 14.3. The maximum atomic E-state index is 3.65. The van der Waals surface area contributed by atoms with E-state index in [2.05, 4.69) is 38.0 Å². The second kappa shape index (κ2) is 4.64. The van der Waals surface area contributed by atoms with Crippen LogP contribution in [-0.4, -0.2) is 8.07 Å². The van der Waals surface area contributed by atoms with E-state index in [1.54, 1.807) is 19.3 Å². The van der Waals surface area contributed by atoms with E-state index in [1.165, 1.54) is 31.3 Å². The molecular weight excluding hydrogens is 244 g/mol. The zero-order valence-electron chi connectivity index (χ0n) is 13.3. The molecule has 4 aliphatic carbocycles. The normalized spacial score (nSPS) is 40.1. The van der Waals surface area contributed by atoms with Gasteiger partial charge in [0.15, 0.2) is 0 Å². The lowest BCUT2D eigenvalue weighted by Gasteiger charge is -2.57. The van der Waals surface area contributed by atoms with Gasteiger partial charge < -0.3 is 0 Å². The topological polar surface area (TPSA) is 0 Å². The van der Waals surface area contributed by atoms with Gasteiger partial charge in [0.25, 0.3) is 0 Å². The van der Waals surface area contributed by atoms with Gasteiger partial charge in [-0.25, -0.2) is 0 Å². The van der Waals surface area contributed by atoms with Crippen molar-refractivity contribution in [2.75, 3.05) is 0 Å². The van der Waals surface area contributed by atoms with E-state index in [9.17, 15) is 0 Å². The highest BCUT2D eigenvalue weighted by Gasteiger charge is 2.50. The van der Waals surface area contributed by atoms with E-state index >= 15 is 0 Å². The van der Waals surface area contributed by atoms with Crippen molar-refractivity contribution in [2.45, 2.75) is 71.5 Å². The Hall–Kier alpha value is -0.263. The highest BCUT2D eigenvalue weighted by molar-refractivity contribution is 6.80. The van der Waals surface area contributed by atoms with Gasteiger partial charge in [-0.2, -0.15) is 0 Å². The Kier molecular flexibility index (Phi) is 3.34. The first kappa shape index (κ1) is 13.7. The van der Waals surface area contributed by atoms with Crippen LogP contribution in [0.3, 0.4) is 0 Å².